The van der Waals surface area contributed by atoms with E-state index in [-0.39, 0.29) is 0 Å². The standard InChI is InChI=1S/C8H12O2/c1-2-3-4-5-6-7-10-8-9/h3-6,8H,2,7H2,1H3. The van der Waals surface area contributed by atoms with Crippen LogP contribution in [0.2, 0.25) is 0 Å². The molecular weight excluding hydrogens is 128 g/mol. The van der Waals surface area contributed by atoms with Crippen LogP contribution in [-0.4, -0.2) is 13.1 Å². The van der Waals surface area contributed by atoms with Crippen LogP contribution < -0.4 is 0 Å². The number of hydrogen-bond acceptors (Lipinski definition) is 2. The number of carbonyl (C=O) groups is 1. The van der Waals surface area contributed by atoms with E-state index in [1.165, 1.54) is 0 Å². The second-order valence-electron chi connectivity index (χ2n) is 1.69. The molecule has 0 aliphatic heterocycles. The molecule has 2 nitrogen and oxygen atoms in total. The van der Waals surface area contributed by atoms with Crippen molar-refractivity contribution in [3.8, 4) is 0 Å². The summed E-state index contributed by atoms with van der Waals surface area (Å²) in [7, 11) is 0. The summed E-state index contributed by atoms with van der Waals surface area (Å²) in [6, 6.07) is 0. The van der Waals surface area contributed by atoms with Crippen molar-refractivity contribution < 1.29 is 9.53 Å². The molecule has 10 heavy (non-hydrogen) atoms. The normalized spacial score (nSPS) is 10.9. The lowest BCUT2D eigenvalue weighted by Gasteiger charge is -1.85. The van der Waals surface area contributed by atoms with Crippen LogP contribution in [0.1, 0.15) is 13.3 Å². The highest BCUT2D eigenvalue weighted by Gasteiger charge is 1.71. The van der Waals surface area contributed by atoms with Crippen LogP contribution in [0.15, 0.2) is 24.3 Å². The Hall–Kier alpha value is -1.05. The van der Waals surface area contributed by atoms with Gasteiger partial charge in [0.2, 0.25) is 0 Å². The zero-order chi connectivity index (χ0) is 7.66. The Bertz CT molecular complexity index is 125. The zero-order valence-electron chi connectivity index (χ0n) is 6.12. The first-order valence-electron chi connectivity index (χ1n) is 3.28. The van der Waals surface area contributed by atoms with Crippen molar-refractivity contribution in [2.45, 2.75) is 13.3 Å². The minimum atomic E-state index is 0.359. The highest BCUT2D eigenvalue weighted by Crippen LogP contribution is 1.81. The molecule has 0 rings (SSSR count). The summed E-state index contributed by atoms with van der Waals surface area (Å²) in [4.78, 5) is 9.62. The SMILES string of the molecule is CCC=CC=CCOC=O. The average Bonchev–Trinajstić information content (AvgIpc) is 1.97. The average molecular weight is 140 g/mol. The highest BCUT2D eigenvalue weighted by molar-refractivity contribution is 5.37. The molecule has 56 valence electrons. The maximum absolute atomic E-state index is 9.62. The third-order valence-corrected chi connectivity index (χ3v) is 0.879. The fourth-order valence-electron chi connectivity index (χ4n) is 0.444. The van der Waals surface area contributed by atoms with E-state index in [9.17, 15) is 4.79 Å². The molecule has 0 spiro atoms. The third kappa shape index (κ3) is 6.95. The Balaban J connectivity index is 3.19. The molecule has 0 amide bonds. The molecule has 0 saturated carbocycles. The van der Waals surface area contributed by atoms with Crippen LogP contribution in [0.25, 0.3) is 0 Å². The number of rotatable bonds is 5. The predicted molar refractivity (Wildman–Crippen MR) is 40.6 cm³/mol. The molecule has 0 saturated heterocycles. The number of ether oxygens (including phenoxy) is 1. The van der Waals surface area contributed by atoms with Crippen molar-refractivity contribution in [3.05, 3.63) is 24.3 Å². The number of allylic oxidation sites excluding steroid dienone is 3. The van der Waals surface area contributed by atoms with E-state index >= 15 is 0 Å². The molecule has 0 unspecified atom stereocenters. The van der Waals surface area contributed by atoms with Gasteiger partial charge in [-0.2, -0.15) is 0 Å². The van der Waals surface area contributed by atoms with Crippen LogP contribution >= 0.6 is 0 Å². The molecular formula is C8H12O2. The molecule has 0 aromatic carbocycles. The van der Waals surface area contributed by atoms with Gasteiger partial charge in [-0.3, -0.25) is 4.79 Å². The van der Waals surface area contributed by atoms with Crippen molar-refractivity contribution in [1.82, 2.24) is 0 Å². The van der Waals surface area contributed by atoms with Gasteiger partial charge in [-0.25, -0.2) is 0 Å². The van der Waals surface area contributed by atoms with E-state index in [4.69, 9.17) is 0 Å². The summed E-state index contributed by atoms with van der Waals surface area (Å²) < 4.78 is 4.41. The van der Waals surface area contributed by atoms with E-state index in [0.717, 1.165) is 6.42 Å². The molecule has 0 radical (unpaired) electrons. The van der Waals surface area contributed by atoms with Gasteiger partial charge in [0, 0.05) is 0 Å². The maximum atomic E-state index is 9.62. The van der Waals surface area contributed by atoms with Gasteiger partial charge in [0.1, 0.15) is 6.61 Å². The molecule has 0 heterocycles. The van der Waals surface area contributed by atoms with Crippen LogP contribution in [0.5, 0.6) is 0 Å². The fraction of sp³-hybridized carbons (Fsp3) is 0.375. The second-order valence-corrected chi connectivity index (χ2v) is 1.69. The Morgan fingerprint density at radius 3 is 2.60 bits per heavy atom. The van der Waals surface area contributed by atoms with E-state index in [1.54, 1.807) is 6.08 Å². The quantitative estimate of drug-likeness (QED) is 0.330. The summed E-state index contributed by atoms with van der Waals surface area (Å²) in [6.07, 6.45) is 8.61. The molecule has 0 N–H and O–H groups in total. The van der Waals surface area contributed by atoms with E-state index < -0.39 is 0 Å². The Morgan fingerprint density at radius 1 is 1.30 bits per heavy atom. The first-order valence-corrected chi connectivity index (χ1v) is 3.28. The van der Waals surface area contributed by atoms with Gasteiger partial charge in [-0.05, 0) is 12.5 Å². The van der Waals surface area contributed by atoms with Crippen LogP contribution in [0, 0.1) is 0 Å². The molecule has 0 aromatic heterocycles. The van der Waals surface area contributed by atoms with E-state index in [0.29, 0.717) is 13.1 Å². The number of carbonyl (C=O) groups excluding carboxylic acids is 1. The van der Waals surface area contributed by atoms with E-state index in [1.807, 2.05) is 18.2 Å². The lowest BCUT2D eigenvalue weighted by Crippen LogP contribution is -1.84. The lowest BCUT2D eigenvalue weighted by molar-refractivity contribution is -0.127. The maximum Gasteiger partial charge on any atom is 0.293 e. The van der Waals surface area contributed by atoms with Crippen LogP contribution in [0.3, 0.4) is 0 Å². The summed E-state index contributed by atoms with van der Waals surface area (Å²) >= 11 is 0. The number of hydrogen-bond donors (Lipinski definition) is 0. The largest absolute Gasteiger partial charge is 0.464 e. The first kappa shape index (κ1) is 8.95. The van der Waals surface area contributed by atoms with Gasteiger partial charge in [-0.15, -0.1) is 0 Å². The molecule has 0 bridgehead atoms. The topological polar surface area (TPSA) is 26.3 Å². The molecule has 2 heteroatoms. The van der Waals surface area contributed by atoms with Gasteiger partial charge in [0.05, 0.1) is 0 Å². The lowest BCUT2D eigenvalue weighted by atomic mass is 10.4. The van der Waals surface area contributed by atoms with Crippen molar-refractivity contribution in [1.29, 1.82) is 0 Å². The van der Waals surface area contributed by atoms with Gasteiger partial charge < -0.3 is 4.74 Å². The van der Waals surface area contributed by atoms with Gasteiger partial charge in [-0.1, -0.05) is 25.2 Å². The smallest absolute Gasteiger partial charge is 0.293 e. The second kappa shape index (κ2) is 7.95. The third-order valence-electron chi connectivity index (χ3n) is 0.879. The summed E-state index contributed by atoms with van der Waals surface area (Å²) in [5.41, 5.74) is 0. The Morgan fingerprint density at radius 2 is 2.00 bits per heavy atom. The molecule has 0 fully saturated rings. The molecule has 0 aromatic rings. The summed E-state index contributed by atoms with van der Waals surface area (Å²) in [5.74, 6) is 0. The van der Waals surface area contributed by atoms with Gasteiger partial charge in [0.25, 0.3) is 6.47 Å². The van der Waals surface area contributed by atoms with Crippen molar-refractivity contribution in [2.24, 2.45) is 0 Å². The van der Waals surface area contributed by atoms with Crippen molar-refractivity contribution >= 4 is 6.47 Å². The molecule has 0 aliphatic carbocycles. The minimum Gasteiger partial charge on any atom is -0.464 e. The fourth-order valence-corrected chi connectivity index (χ4v) is 0.444. The zero-order valence-corrected chi connectivity index (χ0v) is 6.12. The predicted octanol–water partition coefficient (Wildman–Crippen LogP) is 1.68. The molecule has 0 atom stereocenters. The Labute approximate surface area is 61.2 Å². The first-order chi connectivity index (χ1) is 4.91. The van der Waals surface area contributed by atoms with Gasteiger partial charge >= 0.3 is 0 Å². The monoisotopic (exact) mass is 140 g/mol. The van der Waals surface area contributed by atoms with Gasteiger partial charge in [0.15, 0.2) is 0 Å². The van der Waals surface area contributed by atoms with E-state index in [2.05, 4.69) is 11.7 Å². The Kier molecular flexibility index (Phi) is 7.12. The molecule has 0 aliphatic rings. The minimum absolute atomic E-state index is 0.359. The highest BCUT2D eigenvalue weighted by atomic mass is 16.5. The van der Waals surface area contributed by atoms with Crippen LogP contribution in [0.4, 0.5) is 0 Å². The summed E-state index contributed by atoms with van der Waals surface area (Å²) in [6.45, 7) is 2.86. The van der Waals surface area contributed by atoms with Crippen LogP contribution in [-0.2, 0) is 9.53 Å². The van der Waals surface area contributed by atoms with Crippen molar-refractivity contribution in [2.75, 3.05) is 6.61 Å². The summed E-state index contributed by atoms with van der Waals surface area (Å²) in [5, 5.41) is 0. The van der Waals surface area contributed by atoms with Crippen molar-refractivity contribution in [3.63, 3.8) is 0 Å².